The molecule has 0 aliphatic heterocycles. The third-order valence-corrected chi connectivity index (χ3v) is 3.99. The minimum Gasteiger partial charge on any atom is -0.310 e. The highest BCUT2D eigenvalue weighted by Gasteiger charge is 2.16. The van der Waals surface area contributed by atoms with Crippen molar-refractivity contribution in [1.29, 1.82) is 0 Å². The fraction of sp³-hybridized carbons (Fsp3) is 0.467. The molecule has 1 heterocycles. The van der Waals surface area contributed by atoms with E-state index in [0.717, 1.165) is 30.2 Å². The lowest BCUT2D eigenvalue weighted by molar-refractivity contribution is 0.659. The monoisotopic (exact) mass is 275 g/mol. The van der Waals surface area contributed by atoms with Crippen LogP contribution < -0.4 is 0 Å². The number of aryl methyl sites for hydroxylation is 2. The molecular formula is C15H18ClN3. The first-order valence-corrected chi connectivity index (χ1v) is 7.47. The topological polar surface area (TPSA) is 30.7 Å². The Balaban J connectivity index is 2.04. The van der Waals surface area contributed by atoms with Crippen molar-refractivity contribution in [2.45, 2.75) is 45.0 Å². The molecule has 0 saturated carbocycles. The highest BCUT2D eigenvalue weighted by atomic mass is 35.5. The van der Waals surface area contributed by atoms with Crippen LogP contribution in [-0.2, 0) is 25.3 Å². The summed E-state index contributed by atoms with van der Waals surface area (Å²) in [5.41, 5.74) is 4.12. The van der Waals surface area contributed by atoms with Crippen LogP contribution >= 0.6 is 11.6 Å². The van der Waals surface area contributed by atoms with E-state index < -0.39 is 0 Å². The van der Waals surface area contributed by atoms with Gasteiger partial charge in [0.1, 0.15) is 5.82 Å². The molecule has 3 nitrogen and oxygen atoms in total. The largest absolute Gasteiger partial charge is 0.310 e. The number of hydrogen-bond acceptors (Lipinski definition) is 2. The molecule has 0 bridgehead atoms. The third-order valence-electron chi connectivity index (χ3n) is 3.75. The molecule has 0 atom stereocenters. The predicted molar refractivity (Wildman–Crippen MR) is 77.3 cm³/mol. The molecule has 0 radical (unpaired) electrons. The van der Waals surface area contributed by atoms with Crippen LogP contribution in [0.15, 0.2) is 18.2 Å². The first kappa shape index (κ1) is 12.7. The van der Waals surface area contributed by atoms with Crippen LogP contribution in [0.4, 0.5) is 0 Å². The van der Waals surface area contributed by atoms with Gasteiger partial charge in [0.25, 0.3) is 0 Å². The van der Waals surface area contributed by atoms with Crippen molar-refractivity contribution in [2.75, 3.05) is 0 Å². The Morgan fingerprint density at radius 1 is 1.21 bits per heavy atom. The van der Waals surface area contributed by atoms with Gasteiger partial charge in [-0.25, -0.2) is 0 Å². The highest BCUT2D eigenvalue weighted by molar-refractivity contribution is 6.16. The molecule has 1 aromatic heterocycles. The SMILES string of the molecule is CCCn1c(CCl)nnc1-c1ccc2c(c1)CCC2. The van der Waals surface area contributed by atoms with E-state index in [1.807, 2.05) is 0 Å². The summed E-state index contributed by atoms with van der Waals surface area (Å²) in [6.07, 6.45) is 4.73. The molecule has 4 heteroatoms. The number of alkyl halides is 1. The van der Waals surface area contributed by atoms with Gasteiger partial charge < -0.3 is 4.57 Å². The number of hydrogen-bond donors (Lipinski definition) is 0. The van der Waals surface area contributed by atoms with Crippen molar-refractivity contribution in [1.82, 2.24) is 14.8 Å². The second kappa shape index (κ2) is 5.33. The molecule has 0 unspecified atom stereocenters. The van der Waals surface area contributed by atoms with Gasteiger partial charge in [0.2, 0.25) is 0 Å². The van der Waals surface area contributed by atoms with Gasteiger partial charge in [0.05, 0.1) is 5.88 Å². The lowest BCUT2D eigenvalue weighted by Crippen LogP contribution is -2.04. The quantitative estimate of drug-likeness (QED) is 0.799. The Kier molecular flexibility index (Phi) is 3.56. The molecule has 0 N–H and O–H groups in total. The second-order valence-electron chi connectivity index (χ2n) is 5.06. The van der Waals surface area contributed by atoms with Crippen molar-refractivity contribution < 1.29 is 0 Å². The summed E-state index contributed by atoms with van der Waals surface area (Å²) >= 11 is 5.94. The molecule has 0 fully saturated rings. The zero-order chi connectivity index (χ0) is 13.2. The smallest absolute Gasteiger partial charge is 0.163 e. The Morgan fingerprint density at radius 3 is 2.84 bits per heavy atom. The summed E-state index contributed by atoms with van der Waals surface area (Å²) < 4.78 is 2.14. The van der Waals surface area contributed by atoms with Crippen molar-refractivity contribution in [3.05, 3.63) is 35.2 Å². The standard InChI is InChI=1S/C15H18ClN3/c1-2-8-19-14(10-16)17-18-15(19)13-7-6-11-4-3-5-12(11)9-13/h6-7,9H,2-5,8,10H2,1H3. The molecular weight excluding hydrogens is 258 g/mol. The van der Waals surface area contributed by atoms with Crippen molar-refractivity contribution >= 4 is 11.6 Å². The lowest BCUT2D eigenvalue weighted by atomic mass is 10.1. The number of benzene rings is 1. The Bertz CT molecular complexity index is 589. The molecule has 0 saturated heterocycles. The maximum atomic E-state index is 5.94. The van der Waals surface area contributed by atoms with E-state index in [-0.39, 0.29) is 0 Å². The van der Waals surface area contributed by atoms with E-state index in [1.54, 1.807) is 0 Å². The van der Waals surface area contributed by atoms with Gasteiger partial charge in [0.15, 0.2) is 5.82 Å². The predicted octanol–water partition coefficient (Wildman–Crippen LogP) is 3.58. The van der Waals surface area contributed by atoms with Crippen LogP contribution in [0.5, 0.6) is 0 Å². The first-order valence-electron chi connectivity index (χ1n) is 6.93. The van der Waals surface area contributed by atoms with E-state index in [0.29, 0.717) is 5.88 Å². The van der Waals surface area contributed by atoms with Crippen LogP contribution in [0, 0.1) is 0 Å². The van der Waals surface area contributed by atoms with Crippen molar-refractivity contribution in [3.8, 4) is 11.4 Å². The summed E-state index contributed by atoms with van der Waals surface area (Å²) in [6, 6.07) is 6.68. The summed E-state index contributed by atoms with van der Waals surface area (Å²) in [6.45, 7) is 3.08. The first-order chi connectivity index (χ1) is 9.33. The Morgan fingerprint density at radius 2 is 2.05 bits per heavy atom. The molecule has 2 aromatic rings. The summed E-state index contributed by atoms with van der Waals surface area (Å²) in [5, 5.41) is 8.53. The lowest BCUT2D eigenvalue weighted by Gasteiger charge is -2.09. The van der Waals surface area contributed by atoms with E-state index in [9.17, 15) is 0 Å². The molecule has 1 aliphatic rings. The summed E-state index contributed by atoms with van der Waals surface area (Å²) in [5.74, 6) is 2.23. The van der Waals surface area contributed by atoms with Gasteiger partial charge in [-0.15, -0.1) is 21.8 Å². The minimum absolute atomic E-state index is 0.415. The van der Waals surface area contributed by atoms with Crippen molar-refractivity contribution in [2.24, 2.45) is 0 Å². The molecule has 1 aromatic carbocycles. The van der Waals surface area contributed by atoms with Gasteiger partial charge in [-0.3, -0.25) is 0 Å². The van der Waals surface area contributed by atoms with Gasteiger partial charge in [-0.1, -0.05) is 19.1 Å². The zero-order valence-corrected chi connectivity index (χ0v) is 12.0. The number of nitrogens with zero attached hydrogens (tertiary/aromatic N) is 3. The van der Waals surface area contributed by atoms with E-state index in [2.05, 4.69) is 39.9 Å². The number of halogens is 1. The average molecular weight is 276 g/mol. The second-order valence-corrected chi connectivity index (χ2v) is 5.33. The Hall–Kier alpha value is -1.35. The van der Waals surface area contributed by atoms with Crippen LogP contribution in [0.25, 0.3) is 11.4 Å². The van der Waals surface area contributed by atoms with Gasteiger partial charge in [-0.2, -0.15) is 0 Å². The molecule has 19 heavy (non-hydrogen) atoms. The molecule has 100 valence electrons. The van der Waals surface area contributed by atoms with E-state index in [4.69, 9.17) is 11.6 Å². The van der Waals surface area contributed by atoms with E-state index in [1.165, 1.54) is 30.4 Å². The fourth-order valence-corrected chi connectivity index (χ4v) is 3.01. The van der Waals surface area contributed by atoms with Crippen LogP contribution in [0.2, 0.25) is 0 Å². The third kappa shape index (κ3) is 2.27. The molecule has 0 spiro atoms. The maximum Gasteiger partial charge on any atom is 0.163 e. The number of aromatic nitrogens is 3. The maximum absolute atomic E-state index is 5.94. The Labute approximate surface area is 118 Å². The fourth-order valence-electron chi connectivity index (χ4n) is 2.82. The van der Waals surface area contributed by atoms with Crippen LogP contribution in [0.3, 0.4) is 0 Å². The van der Waals surface area contributed by atoms with Crippen molar-refractivity contribution in [3.63, 3.8) is 0 Å². The summed E-state index contributed by atoms with van der Waals surface area (Å²) in [4.78, 5) is 0. The molecule has 1 aliphatic carbocycles. The van der Waals surface area contributed by atoms with E-state index >= 15 is 0 Å². The van der Waals surface area contributed by atoms with Gasteiger partial charge >= 0.3 is 0 Å². The molecule has 0 amide bonds. The van der Waals surface area contributed by atoms with Gasteiger partial charge in [0, 0.05) is 12.1 Å². The normalized spacial score (nSPS) is 13.8. The highest BCUT2D eigenvalue weighted by Crippen LogP contribution is 2.27. The average Bonchev–Trinajstić information content (AvgIpc) is 3.04. The summed E-state index contributed by atoms with van der Waals surface area (Å²) in [7, 11) is 0. The number of fused-ring (bicyclic) bond motifs is 1. The van der Waals surface area contributed by atoms with Crippen LogP contribution in [-0.4, -0.2) is 14.8 Å². The minimum atomic E-state index is 0.415. The van der Waals surface area contributed by atoms with Crippen LogP contribution in [0.1, 0.15) is 36.7 Å². The van der Waals surface area contributed by atoms with Gasteiger partial charge in [-0.05, 0) is 42.9 Å². The molecule has 3 rings (SSSR count). The number of rotatable bonds is 4. The zero-order valence-electron chi connectivity index (χ0n) is 11.2.